The highest BCUT2D eigenvalue weighted by atomic mass is 79.9. The zero-order valence-electron chi connectivity index (χ0n) is 8.53. The Balaban J connectivity index is 2.57. The van der Waals surface area contributed by atoms with Crippen molar-refractivity contribution >= 4 is 88.6 Å². The summed E-state index contributed by atoms with van der Waals surface area (Å²) in [4.78, 5) is 0. The van der Waals surface area contributed by atoms with Crippen LogP contribution in [0.15, 0.2) is 31.6 Å². The summed E-state index contributed by atoms with van der Waals surface area (Å²) in [6.45, 7) is 0. The van der Waals surface area contributed by atoms with Crippen LogP contribution in [0.1, 0.15) is 0 Å². The Labute approximate surface area is 134 Å². The largest absolute Gasteiger partial charge is 0.456 e. The molecule has 0 aliphatic carbocycles. The van der Waals surface area contributed by atoms with Gasteiger partial charge in [0.05, 0.1) is 15.1 Å². The van der Waals surface area contributed by atoms with Crippen LogP contribution >= 0.6 is 66.7 Å². The molecule has 0 amide bonds. The van der Waals surface area contributed by atoms with Crippen molar-refractivity contribution in [1.29, 1.82) is 0 Å². The smallest absolute Gasteiger partial charge is 0.137 e. The van der Waals surface area contributed by atoms with Gasteiger partial charge in [0, 0.05) is 25.8 Å². The second-order valence-corrected chi connectivity index (χ2v) is 6.56. The first-order valence-electron chi connectivity index (χ1n) is 4.84. The molecule has 0 radical (unpaired) electrons. The van der Waals surface area contributed by atoms with Crippen LogP contribution < -0.4 is 0 Å². The van der Waals surface area contributed by atoms with Crippen molar-refractivity contribution in [2.45, 2.75) is 0 Å². The van der Waals surface area contributed by atoms with E-state index in [2.05, 4.69) is 31.9 Å². The van der Waals surface area contributed by atoms with E-state index in [9.17, 15) is 0 Å². The molecule has 6 heteroatoms. The molecule has 0 unspecified atom stereocenters. The van der Waals surface area contributed by atoms with Gasteiger partial charge in [-0.05, 0) is 44.0 Å². The van der Waals surface area contributed by atoms with E-state index in [1.165, 1.54) is 0 Å². The lowest BCUT2D eigenvalue weighted by Gasteiger charge is -2.00. The Morgan fingerprint density at radius 2 is 1.56 bits per heavy atom. The minimum absolute atomic E-state index is 0.463. The maximum absolute atomic E-state index is 6.19. The lowest BCUT2D eigenvalue weighted by atomic mass is 10.1. The van der Waals surface area contributed by atoms with Gasteiger partial charge in [-0.25, -0.2) is 0 Å². The van der Waals surface area contributed by atoms with Crippen LogP contribution in [-0.4, -0.2) is 0 Å². The van der Waals surface area contributed by atoms with E-state index in [1.807, 2.05) is 6.07 Å². The second kappa shape index (κ2) is 4.57. The van der Waals surface area contributed by atoms with Crippen molar-refractivity contribution in [3.8, 4) is 0 Å². The Hall–Kier alpha value is 0.0700. The van der Waals surface area contributed by atoms with Crippen molar-refractivity contribution in [2.24, 2.45) is 0 Å². The molecule has 0 saturated carbocycles. The molecular weight excluding hydrogens is 426 g/mol. The van der Waals surface area contributed by atoms with E-state index in [-0.39, 0.29) is 0 Å². The summed E-state index contributed by atoms with van der Waals surface area (Å²) in [6.07, 6.45) is 0. The molecule has 0 saturated heterocycles. The van der Waals surface area contributed by atoms with Crippen LogP contribution in [0.3, 0.4) is 0 Å². The maximum Gasteiger partial charge on any atom is 0.137 e. The fourth-order valence-corrected chi connectivity index (χ4v) is 3.59. The van der Waals surface area contributed by atoms with Gasteiger partial charge in [0.25, 0.3) is 0 Å². The third-order valence-corrected chi connectivity index (χ3v) is 5.63. The van der Waals surface area contributed by atoms with Crippen molar-refractivity contribution in [3.05, 3.63) is 42.2 Å². The van der Waals surface area contributed by atoms with Gasteiger partial charge in [-0.15, -0.1) is 0 Å². The van der Waals surface area contributed by atoms with Crippen LogP contribution in [-0.2, 0) is 0 Å². The second-order valence-electron chi connectivity index (χ2n) is 3.72. The molecule has 0 spiro atoms. The van der Waals surface area contributed by atoms with Crippen LogP contribution in [0.4, 0.5) is 0 Å². The van der Waals surface area contributed by atoms with Gasteiger partial charge in [-0.1, -0.05) is 34.8 Å². The molecule has 0 fully saturated rings. The molecule has 0 bridgehead atoms. The fourth-order valence-electron chi connectivity index (χ4n) is 1.83. The van der Waals surface area contributed by atoms with Crippen LogP contribution in [0.2, 0.25) is 15.1 Å². The molecule has 3 aromatic rings. The Morgan fingerprint density at radius 3 is 2.28 bits per heavy atom. The van der Waals surface area contributed by atoms with E-state index in [1.54, 1.807) is 12.1 Å². The first kappa shape index (κ1) is 13.1. The van der Waals surface area contributed by atoms with E-state index in [4.69, 9.17) is 39.2 Å². The fraction of sp³-hybridized carbons (Fsp3) is 0. The molecule has 18 heavy (non-hydrogen) atoms. The number of benzene rings is 2. The third kappa shape index (κ3) is 1.88. The lowest BCUT2D eigenvalue weighted by molar-refractivity contribution is 0.668. The number of fused-ring (bicyclic) bond motifs is 3. The number of rotatable bonds is 0. The standard InChI is InChI=1S/C12H3Br2Cl3O/c13-5-2-9-10(11(14)12(5)17)4-1-6(15)7(16)3-8(4)18-9/h1-3H. The highest BCUT2D eigenvalue weighted by Gasteiger charge is 2.16. The van der Waals surface area contributed by atoms with Gasteiger partial charge in [-0.3, -0.25) is 0 Å². The normalized spacial score (nSPS) is 11.6. The number of furan rings is 1. The molecule has 2 aromatic carbocycles. The topological polar surface area (TPSA) is 13.1 Å². The van der Waals surface area contributed by atoms with E-state index in [0.717, 1.165) is 19.7 Å². The van der Waals surface area contributed by atoms with Gasteiger partial charge in [-0.2, -0.15) is 0 Å². The molecule has 0 N–H and O–H groups in total. The Morgan fingerprint density at radius 1 is 0.889 bits per heavy atom. The average molecular weight is 429 g/mol. The molecule has 0 aliphatic heterocycles. The van der Waals surface area contributed by atoms with Crippen molar-refractivity contribution in [3.63, 3.8) is 0 Å². The molecule has 3 rings (SSSR count). The van der Waals surface area contributed by atoms with Crippen LogP contribution in [0, 0.1) is 0 Å². The number of halogens is 5. The van der Waals surface area contributed by atoms with Gasteiger partial charge in [0.15, 0.2) is 0 Å². The van der Waals surface area contributed by atoms with Crippen molar-refractivity contribution in [2.75, 3.05) is 0 Å². The minimum Gasteiger partial charge on any atom is -0.456 e. The summed E-state index contributed by atoms with van der Waals surface area (Å²) in [7, 11) is 0. The van der Waals surface area contributed by atoms with Gasteiger partial charge in [0.2, 0.25) is 0 Å². The highest BCUT2D eigenvalue weighted by molar-refractivity contribution is 9.11. The predicted octanol–water partition coefficient (Wildman–Crippen LogP) is 7.07. The molecule has 1 heterocycles. The molecule has 1 nitrogen and oxygen atoms in total. The highest BCUT2D eigenvalue weighted by Crippen LogP contribution is 2.43. The first-order valence-corrected chi connectivity index (χ1v) is 7.56. The van der Waals surface area contributed by atoms with Gasteiger partial charge in [0.1, 0.15) is 11.2 Å². The van der Waals surface area contributed by atoms with Gasteiger partial charge >= 0.3 is 0 Å². The summed E-state index contributed by atoms with van der Waals surface area (Å²) >= 11 is 25.1. The monoisotopic (exact) mass is 426 g/mol. The van der Waals surface area contributed by atoms with Crippen molar-refractivity contribution < 1.29 is 4.42 Å². The SMILES string of the molecule is Clc1cc2oc3cc(Br)c(Cl)c(Br)c3c2cc1Cl. The number of hydrogen-bond acceptors (Lipinski definition) is 1. The summed E-state index contributed by atoms with van der Waals surface area (Å²) in [5.74, 6) is 0. The summed E-state index contributed by atoms with van der Waals surface area (Å²) in [6, 6.07) is 5.30. The zero-order valence-corrected chi connectivity index (χ0v) is 14.0. The molecule has 0 aliphatic rings. The predicted molar refractivity (Wildman–Crippen MR) is 84.2 cm³/mol. The van der Waals surface area contributed by atoms with Crippen molar-refractivity contribution in [1.82, 2.24) is 0 Å². The molecule has 92 valence electrons. The quantitative estimate of drug-likeness (QED) is 0.349. The molecule has 1 aromatic heterocycles. The maximum atomic E-state index is 6.19. The minimum atomic E-state index is 0.463. The van der Waals surface area contributed by atoms with Gasteiger partial charge < -0.3 is 4.42 Å². The van der Waals surface area contributed by atoms with E-state index in [0.29, 0.717) is 26.2 Å². The summed E-state index contributed by atoms with van der Waals surface area (Å²) in [5, 5.41) is 3.30. The Kier molecular flexibility index (Phi) is 3.32. The first-order chi connectivity index (χ1) is 8.49. The number of hydrogen-bond donors (Lipinski definition) is 0. The molecular formula is C12H3Br2Cl3O. The van der Waals surface area contributed by atoms with E-state index >= 15 is 0 Å². The van der Waals surface area contributed by atoms with Crippen LogP contribution in [0.5, 0.6) is 0 Å². The average Bonchev–Trinajstić information content (AvgIpc) is 2.64. The third-order valence-electron chi connectivity index (χ3n) is 2.64. The summed E-state index contributed by atoms with van der Waals surface area (Å²) in [5.41, 5.74) is 1.39. The zero-order chi connectivity index (χ0) is 13.0. The molecule has 0 atom stereocenters. The summed E-state index contributed by atoms with van der Waals surface area (Å²) < 4.78 is 7.28. The van der Waals surface area contributed by atoms with E-state index < -0.39 is 0 Å². The Bertz CT molecular complexity index is 795. The van der Waals surface area contributed by atoms with Crippen LogP contribution in [0.25, 0.3) is 21.9 Å². The lowest BCUT2D eigenvalue weighted by Crippen LogP contribution is -1.75.